The molecule has 84 valence electrons. The molecule has 1 aromatic heterocycles. The van der Waals surface area contributed by atoms with Crippen LogP contribution < -0.4 is 11.1 Å². The minimum absolute atomic E-state index is 0.160. The van der Waals surface area contributed by atoms with E-state index in [1.165, 1.54) is 6.07 Å². The van der Waals surface area contributed by atoms with Gasteiger partial charge in [-0.15, -0.1) is 0 Å². The van der Waals surface area contributed by atoms with E-state index in [0.29, 0.717) is 23.3 Å². The Labute approximate surface area is 93.2 Å². The molecular formula is C9H16N4OS. The van der Waals surface area contributed by atoms with Gasteiger partial charge < -0.3 is 11.1 Å². The molecule has 1 atom stereocenters. The van der Waals surface area contributed by atoms with Crippen molar-refractivity contribution in [3.8, 4) is 0 Å². The highest BCUT2D eigenvalue weighted by Crippen LogP contribution is 2.08. The highest BCUT2D eigenvalue weighted by molar-refractivity contribution is 7.99. The van der Waals surface area contributed by atoms with Crippen LogP contribution in [0.4, 0.5) is 5.82 Å². The number of nitrogens with one attached hydrogen (secondary N) is 2. The maximum Gasteiger partial charge on any atom is 0.269 e. The smallest absolute Gasteiger partial charge is 0.269 e. The third-order valence-corrected chi connectivity index (χ3v) is 3.12. The van der Waals surface area contributed by atoms with Gasteiger partial charge in [-0.1, -0.05) is 6.92 Å². The third kappa shape index (κ3) is 3.83. The van der Waals surface area contributed by atoms with Gasteiger partial charge in [-0.25, -0.2) is 0 Å². The van der Waals surface area contributed by atoms with E-state index in [1.54, 1.807) is 11.8 Å². The van der Waals surface area contributed by atoms with E-state index < -0.39 is 0 Å². The number of rotatable bonds is 5. The number of carbonyl (C=O) groups is 1. The van der Waals surface area contributed by atoms with E-state index in [2.05, 4.69) is 28.7 Å². The van der Waals surface area contributed by atoms with Gasteiger partial charge in [0, 0.05) is 17.9 Å². The van der Waals surface area contributed by atoms with Crippen LogP contribution in [0.2, 0.25) is 0 Å². The topological polar surface area (TPSA) is 83.8 Å². The van der Waals surface area contributed by atoms with E-state index in [1.807, 2.05) is 0 Å². The Morgan fingerprint density at radius 1 is 1.80 bits per heavy atom. The first-order valence-corrected chi connectivity index (χ1v) is 6.04. The number of H-pyrrole nitrogens is 1. The minimum atomic E-state index is -0.160. The second-order valence-electron chi connectivity index (χ2n) is 3.30. The summed E-state index contributed by atoms with van der Waals surface area (Å²) in [7, 11) is 0. The minimum Gasteiger partial charge on any atom is -0.382 e. The first-order valence-electron chi connectivity index (χ1n) is 4.75. The van der Waals surface area contributed by atoms with Crippen LogP contribution in [0.5, 0.6) is 0 Å². The molecule has 1 rings (SSSR count). The van der Waals surface area contributed by atoms with Crippen LogP contribution in [0.25, 0.3) is 0 Å². The molecule has 4 N–H and O–H groups in total. The van der Waals surface area contributed by atoms with Crippen molar-refractivity contribution >= 4 is 23.5 Å². The van der Waals surface area contributed by atoms with Crippen molar-refractivity contribution < 1.29 is 4.79 Å². The fourth-order valence-corrected chi connectivity index (χ4v) is 1.41. The van der Waals surface area contributed by atoms with Gasteiger partial charge in [0.2, 0.25) is 0 Å². The summed E-state index contributed by atoms with van der Waals surface area (Å²) in [5, 5.41) is 9.60. The Morgan fingerprint density at radius 2 is 2.53 bits per heavy atom. The Morgan fingerprint density at radius 3 is 3.07 bits per heavy atom. The average molecular weight is 228 g/mol. The van der Waals surface area contributed by atoms with Crippen molar-refractivity contribution in [2.45, 2.75) is 18.6 Å². The monoisotopic (exact) mass is 228 g/mol. The van der Waals surface area contributed by atoms with Crippen molar-refractivity contribution in [2.24, 2.45) is 0 Å². The summed E-state index contributed by atoms with van der Waals surface area (Å²) in [5.41, 5.74) is 5.80. The lowest BCUT2D eigenvalue weighted by molar-refractivity contribution is 0.0948. The Bertz CT molecular complexity index is 326. The summed E-state index contributed by atoms with van der Waals surface area (Å²) >= 11 is 1.78. The summed E-state index contributed by atoms with van der Waals surface area (Å²) in [4.78, 5) is 11.5. The van der Waals surface area contributed by atoms with Crippen molar-refractivity contribution in [1.82, 2.24) is 15.5 Å². The highest BCUT2D eigenvalue weighted by atomic mass is 32.2. The second kappa shape index (κ2) is 5.65. The van der Waals surface area contributed by atoms with Crippen LogP contribution in [-0.2, 0) is 0 Å². The highest BCUT2D eigenvalue weighted by Gasteiger charge is 2.08. The second-order valence-corrected chi connectivity index (χ2v) is 4.57. The molecule has 0 aromatic carbocycles. The number of nitrogens with two attached hydrogens (primary N) is 1. The van der Waals surface area contributed by atoms with Gasteiger partial charge in [0.15, 0.2) is 0 Å². The predicted octanol–water partition coefficient (Wildman–Crippen LogP) is 0.863. The maximum absolute atomic E-state index is 11.5. The van der Waals surface area contributed by atoms with Crippen LogP contribution in [-0.4, -0.2) is 34.2 Å². The molecule has 0 fully saturated rings. The molecule has 0 saturated carbocycles. The zero-order chi connectivity index (χ0) is 11.3. The number of nitrogen functional groups attached to an aromatic ring is 1. The van der Waals surface area contributed by atoms with E-state index in [9.17, 15) is 4.79 Å². The van der Waals surface area contributed by atoms with Crippen LogP contribution in [0.15, 0.2) is 6.07 Å². The largest absolute Gasteiger partial charge is 0.382 e. The first kappa shape index (κ1) is 11.9. The lowest BCUT2D eigenvalue weighted by atomic mass is 10.3. The number of aromatic nitrogens is 2. The summed E-state index contributed by atoms with van der Waals surface area (Å²) < 4.78 is 0. The fourth-order valence-electron chi connectivity index (χ4n) is 1.06. The number of anilines is 1. The molecule has 1 amide bonds. The molecule has 1 heterocycles. The zero-order valence-corrected chi connectivity index (χ0v) is 9.73. The molecule has 5 nitrogen and oxygen atoms in total. The Balaban J connectivity index is 2.31. The molecule has 15 heavy (non-hydrogen) atoms. The van der Waals surface area contributed by atoms with Gasteiger partial charge in [-0.05, 0) is 12.7 Å². The van der Waals surface area contributed by atoms with Gasteiger partial charge in [0.05, 0.1) is 0 Å². The predicted molar refractivity (Wildman–Crippen MR) is 62.9 cm³/mol. The molecule has 0 aliphatic heterocycles. The van der Waals surface area contributed by atoms with Gasteiger partial charge in [0.25, 0.3) is 5.91 Å². The number of nitrogens with zero attached hydrogens (tertiary/aromatic N) is 1. The Kier molecular flexibility index (Phi) is 4.48. The molecule has 0 bridgehead atoms. The Hall–Kier alpha value is -1.17. The zero-order valence-electron chi connectivity index (χ0n) is 8.91. The van der Waals surface area contributed by atoms with Crippen molar-refractivity contribution in [2.75, 3.05) is 18.5 Å². The molecule has 6 heteroatoms. The van der Waals surface area contributed by atoms with Crippen LogP contribution in [0, 0.1) is 0 Å². The van der Waals surface area contributed by atoms with Crippen LogP contribution in [0.1, 0.15) is 23.8 Å². The van der Waals surface area contributed by atoms with Gasteiger partial charge >= 0.3 is 0 Å². The molecule has 0 radical (unpaired) electrons. The lowest BCUT2D eigenvalue weighted by Crippen LogP contribution is -2.26. The van der Waals surface area contributed by atoms with Crippen LogP contribution >= 0.6 is 11.8 Å². The van der Waals surface area contributed by atoms with Crippen LogP contribution in [0.3, 0.4) is 0 Å². The van der Waals surface area contributed by atoms with E-state index >= 15 is 0 Å². The number of amides is 1. The average Bonchev–Trinajstić information content (AvgIpc) is 2.64. The van der Waals surface area contributed by atoms with Gasteiger partial charge in [0.1, 0.15) is 11.5 Å². The normalized spacial score (nSPS) is 12.4. The van der Waals surface area contributed by atoms with Crippen molar-refractivity contribution in [3.05, 3.63) is 11.8 Å². The number of thioether (sulfide) groups is 1. The summed E-state index contributed by atoms with van der Waals surface area (Å²) in [5.74, 6) is 0.171. The van der Waals surface area contributed by atoms with Crippen molar-refractivity contribution in [1.29, 1.82) is 0 Å². The first-order chi connectivity index (χ1) is 7.13. The molecule has 0 spiro atoms. The summed E-state index contributed by atoms with van der Waals surface area (Å²) in [6.45, 7) is 2.80. The van der Waals surface area contributed by atoms with E-state index in [-0.39, 0.29) is 5.91 Å². The molecule has 0 aliphatic rings. The fraction of sp³-hybridized carbons (Fsp3) is 0.556. The number of aromatic amines is 1. The number of carbonyl (C=O) groups excluding carboxylic acids is 1. The quantitative estimate of drug-likeness (QED) is 0.698. The van der Waals surface area contributed by atoms with E-state index in [4.69, 9.17) is 5.73 Å². The molecular weight excluding hydrogens is 212 g/mol. The number of hydrogen-bond donors (Lipinski definition) is 3. The molecule has 1 unspecified atom stereocenters. The lowest BCUT2D eigenvalue weighted by Gasteiger charge is -2.08. The summed E-state index contributed by atoms with van der Waals surface area (Å²) in [6.07, 6.45) is 3.01. The molecule has 1 aromatic rings. The third-order valence-electron chi connectivity index (χ3n) is 2.08. The summed E-state index contributed by atoms with van der Waals surface area (Å²) in [6, 6.07) is 1.52. The molecule has 0 aliphatic carbocycles. The molecule has 0 saturated heterocycles. The van der Waals surface area contributed by atoms with Gasteiger partial charge in [-0.3, -0.25) is 9.89 Å². The van der Waals surface area contributed by atoms with E-state index in [0.717, 1.165) is 6.42 Å². The maximum atomic E-state index is 11.5. The van der Waals surface area contributed by atoms with Crippen molar-refractivity contribution in [3.63, 3.8) is 0 Å². The standard InChI is InChI=1S/C9H16N4OS/c1-6(15-2)3-4-11-9(14)7-5-8(10)13-12-7/h5-6H,3-4H2,1-2H3,(H,11,14)(H3,10,12,13). The number of hydrogen-bond acceptors (Lipinski definition) is 4. The van der Waals surface area contributed by atoms with Gasteiger partial charge in [-0.2, -0.15) is 16.9 Å². The SMILES string of the molecule is CSC(C)CCNC(=O)c1cc(N)n[nH]1.